The van der Waals surface area contributed by atoms with Gasteiger partial charge in [0.15, 0.2) is 5.69 Å². The Hall–Kier alpha value is -3.99. The zero-order valence-electron chi connectivity index (χ0n) is 19.4. The molecule has 3 rings (SSSR count). The van der Waals surface area contributed by atoms with Crippen LogP contribution in [0.25, 0.3) is 0 Å². The Morgan fingerprint density at radius 3 is 2.26 bits per heavy atom. The van der Waals surface area contributed by atoms with E-state index >= 15 is 0 Å². The summed E-state index contributed by atoms with van der Waals surface area (Å²) in [4.78, 5) is 40.2. The highest BCUT2D eigenvalue weighted by Gasteiger charge is 2.37. The van der Waals surface area contributed by atoms with Gasteiger partial charge in [0.05, 0.1) is 5.69 Å². The van der Waals surface area contributed by atoms with Crippen LogP contribution in [0.3, 0.4) is 0 Å². The number of carbonyl (C=O) groups is 3. The second-order valence-corrected chi connectivity index (χ2v) is 9.28. The number of phenols is 1. The SMILES string of the molecule is CCC(C)(C)NC(=O)[C@H](c1ccc(O)cc1)N(C(=O)c1snc(C(N)=O)c1N)c1ccc(F)cc1. The highest BCUT2D eigenvalue weighted by molar-refractivity contribution is 7.09. The van der Waals surface area contributed by atoms with Gasteiger partial charge >= 0.3 is 0 Å². The first kappa shape index (κ1) is 25.6. The van der Waals surface area contributed by atoms with Crippen LogP contribution in [-0.4, -0.2) is 32.7 Å². The van der Waals surface area contributed by atoms with Crippen LogP contribution in [-0.2, 0) is 4.79 Å². The van der Waals surface area contributed by atoms with Crippen LogP contribution < -0.4 is 21.7 Å². The molecule has 2 aromatic carbocycles. The summed E-state index contributed by atoms with van der Waals surface area (Å²) in [6, 6.07) is 9.57. The maximum Gasteiger partial charge on any atom is 0.273 e. The Kier molecular flexibility index (Phi) is 7.39. The standard InChI is InChI=1S/C24H26FN5O4S/c1-4-24(2,3)28-22(33)19(13-5-11-16(31)12-6-13)30(15-9-7-14(25)8-10-15)23(34)20-17(26)18(21(27)32)29-35-20/h5-12,19,31H,4,26H2,1-3H3,(H2,27,32)(H,28,33)/t19-/m0/s1. The van der Waals surface area contributed by atoms with Crippen LogP contribution in [0.15, 0.2) is 48.5 Å². The van der Waals surface area contributed by atoms with Crippen molar-refractivity contribution in [1.82, 2.24) is 9.69 Å². The predicted octanol–water partition coefficient (Wildman–Crippen LogP) is 3.36. The first-order valence-corrected chi connectivity index (χ1v) is 11.5. The molecule has 0 unspecified atom stereocenters. The van der Waals surface area contributed by atoms with Gasteiger partial charge in [-0.1, -0.05) is 19.1 Å². The number of aromatic hydroxyl groups is 1. The van der Waals surface area contributed by atoms with Crippen LogP contribution in [0.5, 0.6) is 5.75 Å². The zero-order chi connectivity index (χ0) is 25.9. The number of anilines is 2. The van der Waals surface area contributed by atoms with Crippen molar-refractivity contribution in [2.24, 2.45) is 5.73 Å². The summed E-state index contributed by atoms with van der Waals surface area (Å²) in [5.74, 6) is -2.71. The molecule has 1 heterocycles. The summed E-state index contributed by atoms with van der Waals surface area (Å²) < 4.78 is 17.6. The van der Waals surface area contributed by atoms with Crippen molar-refractivity contribution in [2.75, 3.05) is 10.6 Å². The van der Waals surface area contributed by atoms with Crippen LogP contribution in [0.2, 0.25) is 0 Å². The lowest BCUT2D eigenvalue weighted by Crippen LogP contribution is -2.50. The number of aromatic nitrogens is 1. The number of nitrogens with two attached hydrogens (primary N) is 2. The van der Waals surface area contributed by atoms with Gasteiger partial charge in [-0.05, 0) is 73.8 Å². The molecule has 3 amide bonds. The first-order chi connectivity index (χ1) is 16.4. The van der Waals surface area contributed by atoms with Crippen molar-refractivity contribution in [2.45, 2.75) is 38.8 Å². The predicted molar refractivity (Wildman–Crippen MR) is 132 cm³/mol. The molecule has 0 fully saturated rings. The maximum absolute atomic E-state index is 13.8. The van der Waals surface area contributed by atoms with E-state index in [9.17, 15) is 23.9 Å². The molecule has 0 spiro atoms. The third-order valence-electron chi connectivity index (χ3n) is 5.54. The van der Waals surface area contributed by atoms with Crippen molar-refractivity contribution in [1.29, 1.82) is 0 Å². The lowest BCUT2D eigenvalue weighted by molar-refractivity contribution is -0.124. The molecule has 0 aliphatic rings. The average Bonchev–Trinajstić information content (AvgIpc) is 3.20. The summed E-state index contributed by atoms with van der Waals surface area (Å²) >= 11 is 0.670. The van der Waals surface area contributed by atoms with E-state index in [0.717, 1.165) is 17.0 Å². The molecule has 1 aromatic heterocycles. The lowest BCUT2D eigenvalue weighted by atomic mass is 9.98. The molecular weight excluding hydrogens is 473 g/mol. The van der Waals surface area contributed by atoms with Gasteiger partial charge in [0.1, 0.15) is 22.5 Å². The summed E-state index contributed by atoms with van der Waals surface area (Å²) in [6.45, 7) is 5.58. The molecule has 35 heavy (non-hydrogen) atoms. The minimum Gasteiger partial charge on any atom is -0.508 e. The Morgan fingerprint density at radius 1 is 1.14 bits per heavy atom. The molecule has 6 N–H and O–H groups in total. The van der Waals surface area contributed by atoms with Gasteiger partial charge in [-0.2, -0.15) is 4.37 Å². The minimum absolute atomic E-state index is 0.0285. The number of nitrogens with zero attached hydrogens (tertiary/aromatic N) is 2. The fraction of sp³-hybridized carbons (Fsp3) is 0.250. The number of hydrogen-bond acceptors (Lipinski definition) is 7. The van der Waals surface area contributed by atoms with E-state index in [2.05, 4.69) is 9.69 Å². The van der Waals surface area contributed by atoms with E-state index in [-0.39, 0.29) is 27.7 Å². The monoisotopic (exact) mass is 499 g/mol. The highest BCUT2D eigenvalue weighted by Crippen LogP contribution is 2.34. The molecule has 0 radical (unpaired) electrons. The van der Waals surface area contributed by atoms with Crippen molar-refractivity contribution >= 4 is 40.6 Å². The second kappa shape index (κ2) is 10.1. The number of halogens is 1. The van der Waals surface area contributed by atoms with Crippen molar-refractivity contribution < 1.29 is 23.9 Å². The molecule has 0 saturated carbocycles. The highest BCUT2D eigenvalue weighted by atomic mass is 32.1. The number of nitrogen functional groups attached to an aromatic ring is 1. The number of primary amides is 1. The van der Waals surface area contributed by atoms with Gasteiger partial charge in [-0.15, -0.1) is 0 Å². The molecule has 0 aliphatic heterocycles. The third kappa shape index (κ3) is 5.57. The number of amides is 3. The number of nitrogens with one attached hydrogen (secondary N) is 1. The number of carbonyl (C=O) groups excluding carboxylic acids is 3. The van der Waals surface area contributed by atoms with Crippen LogP contribution >= 0.6 is 11.5 Å². The van der Waals surface area contributed by atoms with Crippen molar-refractivity contribution in [3.05, 3.63) is 70.5 Å². The lowest BCUT2D eigenvalue weighted by Gasteiger charge is -2.34. The molecule has 0 saturated heterocycles. The summed E-state index contributed by atoms with van der Waals surface area (Å²) in [5.41, 5.74) is 10.8. The average molecular weight is 500 g/mol. The Bertz CT molecular complexity index is 1240. The summed E-state index contributed by atoms with van der Waals surface area (Å²) in [6.07, 6.45) is 0.606. The van der Waals surface area contributed by atoms with E-state index in [0.29, 0.717) is 23.5 Å². The number of benzene rings is 2. The van der Waals surface area contributed by atoms with E-state index in [1.165, 1.54) is 36.4 Å². The van der Waals surface area contributed by atoms with E-state index < -0.39 is 35.1 Å². The van der Waals surface area contributed by atoms with Crippen LogP contribution in [0, 0.1) is 5.82 Å². The Balaban J connectivity index is 2.22. The van der Waals surface area contributed by atoms with Crippen molar-refractivity contribution in [3.8, 4) is 5.75 Å². The molecule has 11 heteroatoms. The first-order valence-electron chi connectivity index (χ1n) is 10.7. The number of hydrogen-bond donors (Lipinski definition) is 4. The Morgan fingerprint density at radius 2 is 1.74 bits per heavy atom. The van der Waals surface area contributed by atoms with Gasteiger partial charge in [0.2, 0.25) is 5.91 Å². The second-order valence-electron chi connectivity index (χ2n) is 8.51. The fourth-order valence-electron chi connectivity index (χ4n) is 3.29. The zero-order valence-corrected chi connectivity index (χ0v) is 20.2. The molecule has 0 aliphatic carbocycles. The van der Waals surface area contributed by atoms with Gasteiger partial charge in [-0.3, -0.25) is 19.3 Å². The van der Waals surface area contributed by atoms with Crippen molar-refractivity contribution in [3.63, 3.8) is 0 Å². The van der Waals surface area contributed by atoms with E-state index in [1.54, 1.807) is 0 Å². The largest absolute Gasteiger partial charge is 0.508 e. The van der Waals surface area contributed by atoms with Gasteiger partial charge < -0.3 is 21.9 Å². The number of rotatable bonds is 8. The topological polar surface area (TPSA) is 152 Å². The maximum atomic E-state index is 13.8. The number of phenolic OH excluding ortho intramolecular Hbond substituents is 1. The smallest absolute Gasteiger partial charge is 0.273 e. The van der Waals surface area contributed by atoms with Gasteiger partial charge in [0, 0.05) is 11.2 Å². The van der Waals surface area contributed by atoms with Crippen LogP contribution in [0.4, 0.5) is 15.8 Å². The normalized spacial score (nSPS) is 12.1. The quantitative estimate of drug-likeness (QED) is 0.373. The summed E-state index contributed by atoms with van der Waals surface area (Å²) in [5, 5.41) is 12.7. The van der Waals surface area contributed by atoms with Gasteiger partial charge in [-0.25, -0.2) is 4.39 Å². The molecule has 9 nitrogen and oxygen atoms in total. The third-order valence-corrected chi connectivity index (χ3v) is 6.39. The fourth-order valence-corrected chi connectivity index (χ4v) is 4.03. The van der Waals surface area contributed by atoms with Gasteiger partial charge in [0.25, 0.3) is 11.8 Å². The van der Waals surface area contributed by atoms with E-state index in [1.807, 2.05) is 20.8 Å². The molecule has 1 atom stereocenters. The van der Waals surface area contributed by atoms with Crippen LogP contribution in [0.1, 0.15) is 59.0 Å². The minimum atomic E-state index is -1.24. The summed E-state index contributed by atoms with van der Waals surface area (Å²) in [7, 11) is 0. The molecular formula is C24H26FN5O4S. The molecule has 184 valence electrons. The van der Waals surface area contributed by atoms with E-state index in [4.69, 9.17) is 11.5 Å². The molecule has 3 aromatic rings. The Labute approximate surface area is 205 Å². The molecule has 0 bridgehead atoms.